The second-order valence-electron chi connectivity index (χ2n) is 35.7. The van der Waals surface area contributed by atoms with E-state index in [0.29, 0.717) is 40.7 Å². The van der Waals surface area contributed by atoms with Crippen LogP contribution in [0.3, 0.4) is 0 Å². The summed E-state index contributed by atoms with van der Waals surface area (Å²) in [6, 6.07) is 20.4. The van der Waals surface area contributed by atoms with Crippen LogP contribution in [0.2, 0.25) is 0 Å². The van der Waals surface area contributed by atoms with Crippen LogP contribution in [-0.2, 0) is 87.1 Å². The van der Waals surface area contributed by atoms with Gasteiger partial charge in [0.05, 0.1) is 18.2 Å². The number of aromatic hydroxyl groups is 3. The number of carboxylic acid groups (broad SMARTS) is 1. The first-order valence-corrected chi connectivity index (χ1v) is 45.3. The first kappa shape index (κ1) is 103. The maximum atomic E-state index is 15.5. The van der Waals surface area contributed by atoms with Gasteiger partial charge in [0.1, 0.15) is 94.2 Å². The van der Waals surface area contributed by atoms with Crippen LogP contribution < -0.4 is 85.3 Å². The molecular formula is C97H123N17O21. The van der Waals surface area contributed by atoms with Crippen LogP contribution in [0.5, 0.6) is 28.7 Å². The molecule has 0 bridgehead atoms. The highest BCUT2D eigenvalue weighted by atomic mass is 16.6. The number of aliphatic carboxylic acids is 1. The quantitative estimate of drug-likeness (QED) is 0.00855. The van der Waals surface area contributed by atoms with E-state index < -0.39 is 167 Å². The fourth-order valence-electron chi connectivity index (χ4n) is 16.5. The number of allylic oxidation sites excluding steroid dienone is 2. The van der Waals surface area contributed by atoms with Gasteiger partial charge in [0, 0.05) is 77.3 Å². The van der Waals surface area contributed by atoms with Gasteiger partial charge in [-0.15, -0.1) is 0 Å². The van der Waals surface area contributed by atoms with Crippen molar-refractivity contribution in [3.8, 4) is 28.7 Å². The number of carboxylic acids is 1. The largest absolute Gasteiger partial charge is 0.508 e. The van der Waals surface area contributed by atoms with E-state index in [1.165, 1.54) is 107 Å². The Morgan fingerprint density at radius 2 is 1.14 bits per heavy atom. The number of phenols is 3. The molecule has 0 aliphatic carbocycles. The van der Waals surface area contributed by atoms with Crippen LogP contribution in [0, 0.1) is 17.2 Å². The van der Waals surface area contributed by atoms with Crippen molar-refractivity contribution in [2.24, 2.45) is 23.3 Å². The molecule has 38 nitrogen and oxygen atoms in total. The lowest BCUT2D eigenvalue weighted by Gasteiger charge is -2.36. The van der Waals surface area contributed by atoms with E-state index in [-0.39, 0.29) is 166 Å². The molecule has 12 atom stereocenters. The summed E-state index contributed by atoms with van der Waals surface area (Å²) in [4.78, 5) is 207. The number of nitrogens with two attached hydrogens (primary N) is 2. The smallest absolute Gasteiger partial charge is 0.340 e. The van der Waals surface area contributed by atoms with Crippen LogP contribution in [0.1, 0.15) is 193 Å². The number of guanidine groups is 1. The van der Waals surface area contributed by atoms with Gasteiger partial charge in [-0.1, -0.05) is 107 Å². The number of hydrogen-bond donors (Lipinski definition) is 22. The number of nitrogens with one attached hydrogen (secondary N) is 15. The van der Waals surface area contributed by atoms with Gasteiger partial charge in [-0.05, 0) is 201 Å². The fourth-order valence-corrected chi connectivity index (χ4v) is 16.5. The Hall–Kier alpha value is -14.4. The topological polar surface area (TPSA) is 607 Å². The van der Waals surface area contributed by atoms with E-state index in [0.717, 1.165) is 10.9 Å². The molecule has 722 valence electrons. The molecule has 12 amide bonds. The summed E-state index contributed by atoms with van der Waals surface area (Å²) in [5.41, 5.74) is 8.97. The predicted molar refractivity (Wildman–Crippen MR) is 498 cm³/mol. The van der Waals surface area contributed by atoms with Crippen molar-refractivity contribution in [1.29, 1.82) is 5.41 Å². The summed E-state index contributed by atoms with van der Waals surface area (Å²) in [5.74, 6) is -14.1. The molecule has 0 saturated heterocycles. The number of para-hydroxylation sites is 1. The highest BCUT2D eigenvalue weighted by Gasteiger charge is 2.54. The molecule has 0 saturated carbocycles. The van der Waals surface area contributed by atoms with E-state index in [2.05, 4.69) is 74.1 Å². The summed E-state index contributed by atoms with van der Waals surface area (Å²) < 4.78 is 12.2. The van der Waals surface area contributed by atoms with Crippen molar-refractivity contribution in [3.05, 3.63) is 196 Å². The Balaban J connectivity index is 0.869. The molecule has 1 spiro atoms. The molecule has 1 aromatic heterocycles. The number of aliphatic hydroxyl groups is 1. The number of esters is 1. The van der Waals surface area contributed by atoms with Gasteiger partial charge < -0.3 is 121 Å². The minimum Gasteiger partial charge on any atom is -0.508 e. The average Bonchev–Trinajstić information content (AvgIpc) is 1.57. The molecule has 0 radical (unpaired) electrons. The predicted octanol–water partition coefficient (Wildman–Crippen LogP) is 4.30. The number of aliphatic hydroxyl groups excluding tert-OH is 1. The second-order valence-corrected chi connectivity index (χ2v) is 35.7. The van der Waals surface area contributed by atoms with Crippen molar-refractivity contribution < 1.29 is 102 Å². The van der Waals surface area contributed by atoms with Crippen molar-refractivity contribution in [3.63, 3.8) is 0 Å². The molecular weight excluding hydrogens is 1740 g/mol. The van der Waals surface area contributed by atoms with Crippen LogP contribution in [0.15, 0.2) is 152 Å². The molecule has 38 heteroatoms. The number of aromatic amines is 1. The first-order valence-electron chi connectivity index (χ1n) is 45.3. The minimum absolute atomic E-state index is 0.00739. The highest BCUT2D eigenvalue weighted by Crippen LogP contribution is 2.57. The van der Waals surface area contributed by atoms with Gasteiger partial charge in [0.2, 0.25) is 65.0 Å². The number of fused-ring (bicyclic) bond motifs is 7. The summed E-state index contributed by atoms with van der Waals surface area (Å²) in [6.07, 6.45) is 4.51. The Morgan fingerprint density at radius 3 is 1.77 bits per heavy atom. The number of H-pyrrole nitrogens is 1. The van der Waals surface area contributed by atoms with Crippen molar-refractivity contribution in [2.45, 2.75) is 235 Å². The SMILES string of the molecule is CC(C)C[C@@H]1NC(=O)[C@H](CCCCN)NC(=O)[C@H](CC(C)C)NC(=O)[C@@](C)(NC(=O)[C@H](Cc2ccccc2)NC(=O)[C@H](Cc2ccc(O)cc2)NC(=O)[C@H](C)NC(=O)[C@@H](NC(=O)c2ccc3c(c2)C(=O)OC32c3ccc(O)cc3Oc3cc(O)ccc32)[C@@H](C)O)CCC/C=C\CCC[C@@](C)(C(=O)NCC(=O)N[C@@H](CCCNC(=N)N)C(=O)N[C@@H](Cc2c[nH]c3ccccc23)C(=O)O)NC1=O. The summed E-state index contributed by atoms with van der Waals surface area (Å²) in [5, 5.41) is 96.1. The third kappa shape index (κ3) is 27.4. The standard InChI is InChI=1S/C97H123N17O21/c1-53(2)43-72-85(124)106-71(27-18-21-41-98)84(123)108-73(44-54(3)4)87(126)113-95(7,92(132)103-52-79(119)105-70(28-22-42-101-94(99)100)83(122)110-76(90(129)130)48-60-51-102-69-26-17-16-25-64(60)69)39-19-11-9-10-12-20-40-96(8,93(133)111-72)114-88(127)75(45-57-23-14-13-15-24-57)109-86(125)74(46-58-29-32-61(116)33-30-58)107-81(120)55(5)104-89(128)80(56(6)115)112-82(121)59-31-36-66-65(47-59)91(131)135-97(66)67-37-34-62(117)49-77(67)134-78-50-63(118)35-38-68(78)97/h9-10,13-17,23-26,29-38,47,49-51,53-56,70-76,80,102,115-118H,11-12,18-22,27-28,39-46,48,52,98H2,1-8H3,(H,103,132)(H,104,128)(H,105,119)(H,106,124)(H,107,120)(H,108,123)(H,109,125)(H,110,122)(H,111,133)(H,112,121)(H,113,126)(H,114,127)(H,129,130)(H4,99,100,101)/b10-9-/t55-,56+,70-,71-,72-,73-,74-,75-,76-,80-,95-,96-/m0/s1. The number of aromatic nitrogens is 1. The Kier molecular flexibility index (Phi) is 35.6. The maximum absolute atomic E-state index is 15.5. The van der Waals surface area contributed by atoms with E-state index in [4.69, 9.17) is 26.4 Å². The van der Waals surface area contributed by atoms with Gasteiger partial charge in [0.15, 0.2) is 11.6 Å². The summed E-state index contributed by atoms with van der Waals surface area (Å²) >= 11 is 0. The van der Waals surface area contributed by atoms with Gasteiger partial charge in [-0.25, -0.2) is 9.59 Å². The molecule has 24 N–H and O–H groups in total. The number of amides is 12. The molecule has 3 aliphatic heterocycles. The zero-order chi connectivity index (χ0) is 98.2. The third-order valence-electron chi connectivity index (χ3n) is 23.8. The van der Waals surface area contributed by atoms with E-state index in [1.54, 1.807) is 94.6 Å². The van der Waals surface area contributed by atoms with Crippen LogP contribution >= 0.6 is 0 Å². The summed E-state index contributed by atoms with van der Waals surface area (Å²) in [6.45, 7) is 12.1. The third-order valence-corrected chi connectivity index (χ3v) is 23.8. The molecule has 6 aromatic carbocycles. The number of carbonyl (C=O) groups is 14. The Morgan fingerprint density at radius 1 is 0.570 bits per heavy atom. The van der Waals surface area contributed by atoms with Gasteiger partial charge in [0.25, 0.3) is 5.91 Å². The lowest BCUT2D eigenvalue weighted by Crippen LogP contribution is -2.65. The molecule has 10 rings (SSSR count). The number of phenolic OH excluding ortho intramolecular Hbond substituents is 3. The molecule has 0 unspecified atom stereocenters. The van der Waals surface area contributed by atoms with E-state index >= 15 is 19.2 Å². The maximum Gasteiger partial charge on any atom is 0.340 e. The first-order chi connectivity index (χ1) is 64.2. The van der Waals surface area contributed by atoms with Crippen LogP contribution in [0.25, 0.3) is 10.9 Å². The molecule has 7 aromatic rings. The van der Waals surface area contributed by atoms with Gasteiger partial charge in [-0.3, -0.25) is 62.9 Å². The lowest BCUT2D eigenvalue weighted by atomic mass is 9.77. The number of benzene rings is 6. The summed E-state index contributed by atoms with van der Waals surface area (Å²) in [7, 11) is 0. The van der Waals surface area contributed by atoms with Crippen LogP contribution in [0.4, 0.5) is 0 Å². The highest BCUT2D eigenvalue weighted by molar-refractivity contribution is 6.05. The van der Waals surface area contributed by atoms with Gasteiger partial charge in [-0.2, -0.15) is 0 Å². The normalized spacial score (nSPS) is 19.7. The Labute approximate surface area is 780 Å². The molecule has 135 heavy (non-hydrogen) atoms. The number of hydrogen-bond acceptors (Lipinski definition) is 22. The lowest BCUT2D eigenvalue weighted by molar-refractivity contribution is -0.142. The zero-order valence-corrected chi connectivity index (χ0v) is 76.7. The van der Waals surface area contributed by atoms with Crippen molar-refractivity contribution in [2.75, 3.05) is 19.6 Å². The monoisotopic (exact) mass is 1860 g/mol. The van der Waals surface area contributed by atoms with E-state index in [1.807, 2.05) is 6.07 Å². The minimum atomic E-state index is -1.93. The van der Waals surface area contributed by atoms with Crippen molar-refractivity contribution in [1.82, 2.24) is 74.1 Å². The Bertz CT molecular complexity index is 5480. The van der Waals surface area contributed by atoms with E-state index in [9.17, 15) is 73.5 Å². The molecule has 0 fully saturated rings. The van der Waals surface area contributed by atoms with Crippen molar-refractivity contribution >= 4 is 99.7 Å². The zero-order valence-electron chi connectivity index (χ0n) is 76.7. The second kappa shape index (κ2) is 46.8. The number of ether oxygens (including phenoxy) is 2. The molecule has 4 heterocycles. The van der Waals surface area contributed by atoms with Gasteiger partial charge >= 0.3 is 11.9 Å². The number of carbonyl (C=O) groups excluding carboxylic acids is 13. The number of unbranched alkanes of at least 4 members (excludes halogenated alkanes) is 1. The fraction of sp³-hybridized carbons (Fsp3) is 0.433. The van der Waals surface area contributed by atoms with Crippen LogP contribution in [-0.4, -0.2) is 210 Å². The average molecular weight is 1860 g/mol. The molecule has 3 aliphatic rings. The number of rotatable bonds is 36.